The molecule has 10 heteroatoms. The number of ether oxygens (including phenoxy) is 2. The monoisotopic (exact) mass is 371 g/mol. The molecular weight excluding hydrogens is 350 g/mol. The Labute approximate surface area is 146 Å². The quantitative estimate of drug-likeness (QED) is 0.705. The lowest BCUT2D eigenvalue weighted by molar-refractivity contribution is -0.134. The van der Waals surface area contributed by atoms with E-state index >= 15 is 0 Å². The zero-order chi connectivity index (χ0) is 18.6. The molecule has 0 saturated carbocycles. The summed E-state index contributed by atoms with van der Waals surface area (Å²) >= 11 is 0. The van der Waals surface area contributed by atoms with Crippen molar-refractivity contribution in [3.8, 4) is 11.5 Å². The molecular formula is C15H21N3O6S. The topological polar surface area (TPSA) is 119 Å². The molecule has 1 aromatic carbocycles. The zero-order valence-electron chi connectivity index (χ0n) is 14.1. The van der Waals surface area contributed by atoms with Crippen molar-refractivity contribution in [2.75, 3.05) is 46.2 Å². The van der Waals surface area contributed by atoms with Crippen molar-refractivity contribution in [1.82, 2.24) is 9.21 Å². The van der Waals surface area contributed by atoms with Crippen LogP contribution < -0.4 is 15.2 Å². The van der Waals surface area contributed by atoms with E-state index in [2.05, 4.69) is 0 Å². The van der Waals surface area contributed by atoms with Gasteiger partial charge < -0.3 is 20.1 Å². The molecule has 25 heavy (non-hydrogen) atoms. The Hall–Kier alpha value is -2.33. The van der Waals surface area contributed by atoms with Gasteiger partial charge in [0.1, 0.15) is 11.5 Å². The lowest BCUT2D eigenvalue weighted by Crippen LogP contribution is -2.51. The van der Waals surface area contributed by atoms with Crippen molar-refractivity contribution in [3.05, 3.63) is 23.8 Å². The maximum absolute atomic E-state index is 12.2. The molecule has 2 N–H and O–H groups in total. The molecule has 1 aliphatic heterocycles. The number of carbonyl (C=O) groups is 2. The molecule has 2 rings (SSSR count). The molecule has 0 unspecified atom stereocenters. The predicted molar refractivity (Wildman–Crippen MR) is 90.0 cm³/mol. The fraction of sp³-hybridized carbons (Fsp3) is 0.467. The second kappa shape index (κ2) is 7.70. The standard InChI is InChI=1S/C15H21N3O6S/c1-23-11-3-4-13(12(9-11)15(16)20)24-10-14(19)17-5-7-18(8-6-17)25(2,21)22/h3-4,9H,5-8,10H2,1-2H3,(H2,16,20). The van der Waals surface area contributed by atoms with Crippen LogP contribution in [0.3, 0.4) is 0 Å². The predicted octanol–water partition coefficient (Wildman–Crippen LogP) is -0.723. The van der Waals surface area contributed by atoms with E-state index in [9.17, 15) is 18.0 Å². The summed E-state index contributed by atoms with van der Waals surface area (Å²) in [6.07, 6.45) is 1.14. The molecule has 2 amide bonds. The third-order valence-electron chi connectivity index (χ3n) is 3.86. The van der Waals surface area contributed by atoms with E-state index in [0.29, 0.717) is 18.8 Å². The van der Waals surface area contributed by atoms with Crippen molar-refractivity contribution in [2.45, 2.75) is 0 Å². The average Bonchev–Trinajstić information content (AvgIpc) is 2.58. The number of benzene rings is 1. The summed E-state index contributed by atoms with van der Waals surface area (Å²) in [4.78, 5) is 25.2. The Morgan fingerprint density at radius 3 is 2.36 bits per heavy atom. The van der Waals surface area contributed by atoms with E-state index < -0.39 is 15.9 Å². The SMILES string of the molecule is COc1ccc(OCC(=O)N2CCN(S(C)(=O)=O)CC2)c(C(N)=O)c1. The van der Waals surface area contributed by atoms with Crippen molar-refractivity contribution >= 4 is 21.8 Å². The van der Waals surface area contributed by atoms with Gasteiger partial charge in [-0.3, -0.25) is 9.59 Å². The first kappa shape index (κ1) is 19.0. The Morgan fingerprint density at radius 2 is 1.84 bits per heavy atom. The second-order valence-electron chi connectivity index (χ2n) is 5.56. The van der Waals surface area contributed by atoms with Crippen LogP contribution in [0, 0.1) is 0 Å². The van der Waals surface area contributed by atoms with Crippen LogP contribution in [0.25, 0.3) is 0 Å². The molecule has 0 atom stereocenters. The van der Waals surface area contributed by atoms with Gasteiger partial charge in [-0.05, 0) is 18.2 Å². The van der Waals surface area contributed by atoms with E-state index in [4.69, 9.17) is 15.2 Å². The van der Waals surface area contributed by atoms with Crippen LogP contribution in [0.2, 0.25) is 0 Å². The van der Waals surface area contributed by atoms with E-state index in [0.717, 1.165) is 6.26 Å². The maximum Gasteiger partial charge on any atom is 0.260 e. The van der Waals surface area contributed by atoms with Gasteiger partial charge in [-0.1, -0.05) is 0 Å². The van der Waals surface area contributed by atoms with Crippen molar-refractivity contribution < 1.29 is 27.5 Å². The number of rotatable bonds is 6. The molecule has 138 valence electrons. The van der Waals surface area contributed by atoms with Gasteiger partial charge in [0.05, 0.1) is 18.9 Å². The number of piperazine rings is 1. The largest absolute Gasteiger partial charge is 0.497 e. The molecule has 0 aromatic heterocycles. The van der Waals surface area contributed by atoms with E-state index in [-0.39, 0.29) is 36.9 Å². The minimum Gasteiger partial charge on any atom is -0.497 e. The van der Waals surface area contributed by atoms with Gasteiger partial charge in [0.25, 0.3) is 11.8 Å². The first-order valence-electron chi connectivity index (χ1n) is 7.56. The summed E-state index contributed by atoms with van der Waals surface area (Å²) in [5.74, 6) is -0.344. The van der Waals surface area contributed by atoms with Gasteiger partial charge in [-0.15, -0.1) is 0 Å². The highest BCUT2D eigenvalue weighted by atomic mass is 32.2. The number of hydrogen-bond donors (Lipinski definition) is 1. The van der Waals surface area contributed by atoms with Crippen LogP contribution in [0.5, 0.6) is 11.5 Å². The van der Waals surface area contributed by atoms with Gasteiger partial charge in [0.15, 0.2) is 6.61 Å². The molecule has 0 radical (unpaired) electrons. The molecule has 0 spiro atoms. The van der Waals surface area contributed by atoms with Crippen LogP contribution in [0.15, 0.2) is 18.2 Å². The number of hydrogen-bond acceptors (Lipinski definition) is 6. The van der Waals surface area contributed by atoms with Gasteiger partial charge in [-0.2, -0.15) is 4.31 Å². The second-order valence-corrected chi connectivity index (χ2v) is 7.54. The van der Waals surface area contributed by atoms with Crippen LogP contribution in [-0.2, 0) is 14.8 Å². The van der Waals surface area contributed by atoms with Crippen LogP contribution in [-0.4, -0.2) is 75.6 Å². The van der Waals surface area contributed by atoms with E-state index in [1.54, 1.807) is 6.07 Å². The molecule has 1 aromatic rings. The van der Waals surface area contributed by atoms with Crippen molar-refractivity contribution in [1.29, 1.82) is 0 Å². The van der Waals surface area contributed by atoms with Gasteiger partial charge in [0, 0.05) is 26.2 Å². The number of methoxy groups -OCH3 is 1. The molecule has 0 aliphatic carbocycles. The lowest BCUT2D eigenvalue weighted by atomic mass is 10.2. The number of primary amides is 1. The average molecular weight is 371 g/mol. The molecule has 1 aliphatic rings. The highest BCUT2D eigenvalue weighted by Gasteiger charge is 2.26. The normalized spacial score (nSPS) is 15.7. The minimum absolute atomic E-state index is 0.119. The summed E-state index contributed by atoms with van der Waals surface area (Å²) in [5.41, 5.74) is 5.43. The minimum atomic E-state index is -3.25. The number of carbonyl (C=O) groups excluding carboxylic acids is 2. The molecule has 1 saturated heterocycles. The number of sulfonamides is 1. The smallest absolute Gasteiger partial charge is 0.260 e. The summed E-state index contributed by atoms with van der Waals surface area (Å²) in [6.45, 7) is 0.811. The number of amides is 2. The van der Waals surface area contributed by atoms with Crippen LogP contribution in [0.4, 0.5) is 0 Å². The summed E-state index contributed by atoms with van der Waals surface area (Å²) in [7, 11) is -1.79. The van der Waals surface area contributed by atoms with E-state index in [1.807, 2.05) is 0 Å². The Balaban J connectivity index is 1.96. The maximum atomic E-state index is 12.2. The van der Waals surface area contributed by atoms with Crippen molar-refractivity contribution in [2.24, 2.45) is 5.73 Å². The number of nitrogens with two attached hydrogens (primary N) is 1. The van der Waals surface area contributed by atoms with Crippen molar-refractivity contribution in [3.63, 3.8) is 0 Å². The molecule has 9 nitrogen and oxygen atoms in total. The zero-order valence-corrected chi connectivity index (χ0v) is 14.9. The molecule has 1 heterocycles. The summed E-state index contributed by atoms with van der Waals surface area (Å²) < 4.78 is 34.7. The fourth-order valence-electron chi connectivity index (χ4n) is 2.45. The summed E-state index contributed by atoms with van der Waals surface area (Å²) in [6, 6.07) is 4.54. The fourth-order valence-corrected chi connectivity index (χ4v) is 3.28. The van der Waals surface area contributed by atoms with Gasteiger partial charge in [-0.25, -0.2) is 8.42 Å². The van der Waals surface area contributed by atoms with Gasteiger partial charge >= 0.3 is 0 Å². The van der Waals surface area contributed by atoms with Gasteiger partial charge in [0.2, 0.25) is 10.0 Å². The van der Waals surface area contributed by atoms with E-state index in [1.165, 1.54) is 28.4 Å². The Morgan fingerprint density at radius 1 is 1.20 bits per heavy atom. The first-order valence-corrected chi connectivity index (χ1v) is 9.40. The lowest BCUT2D eigenvalue weighted by Gasteiger charge is -2.33. The number of nitrogens with zero attached hydrogens (tertiary/aromatic N) is 2. The highest BCUT2D eigenvalue weighted by Crippen LogP contribution is 2.24. The molecule has 0 bridgehead atoms. The highest BCUT2D eigenvalue weighted by molar-refractivity contribution is 7.88. The third kappa shape index (κ3) is 4.83. The summed E-state index contributed by atoms with van der Waals surface area (Å²) in [5, 5.41) is 0. The van der Waals surface area contributed by atoms with Crippen LogP contribution in [0.1, 0.15) is 10.4 Å². The third-order valence-corrected chi connectivity index (χ3v) is 5.17. The molecule has 1 fully saturated rings. The first-order chi connectivity index (χ1) is 11.7. The van der Waals surface area contributed by atoms with Crippen LogP contribution >= 0.6 is 0 Å². The Bertz CT molecular complexity index is 757. The Kier molecular flexibility index (Phi) is 5.85.